The van der Waals surface area contributed by atoms with Gasteiger partial charge in [-0.05, 0) is 24.1 Å². The molecule has 1 N–H and O–H groups in total. The first kappa shape index (κ1) is 16.5. The van der Waals surface area contributed by atoms with Crippen molar-refractivity contribution in [2.45, 2.75) is 19.0 Å². The number of nitrogens with one attached hydrogen (secondary N) is 1. The highest BCUT2D eigenvalue weighted by Gasteiger charge is 2.25. The van der Waals surface area contributed by atoms with Crippen LogP contribution in [0, 0.1) is 0 Å². The van der Waals surface area contributed by atoms with Crippen LogP contribution in [0.25, 0.3) is 11.3 Å². The highest BCUT2D eigenvalue weighted by atomic mass is 16.5. The maximum absolute atomic E-state index is 12.4. The third-order valence-electron chi connectivity index (χ3n) is 4.55. The minimum atomic E-state index is -0.199. The summed E-state index contributed by atoms with van der Waals surface area (Å²) in [6.45, 7) is 2.72. The van der Waals surface area contributed by atoms with Crippen LogP contribution in [-0.2, 0) is 6.54 Å². The highest BCUT2D eigenvalue weighted by Crippen LogP contribution is 2.19. The Kier molecular flexibility index (Phi) is 4.75. The third-order valence-corrected chi connectivity index (χ3v) is 4.55. The molecule has 26 heavy (non-hydrogen) atoms. The number of hydrogen-bond acceptors (Lipinski definition) is 5. The van der Waals surface area contributed by atoms with Crippen LogP contribution in [0.2, 0.25) is 0 Å². The highest BCUT2D eigenvalue weighted by molar-refractivity contribution is 5.93. The SMILES string of the molecule is O=C(NC1CCN(Cc2ccccc2)C1)c1cc(-c2cccnc2)on1. The smallest absolute Gasteiger partial charge is 0.273 e. The van der Waals surface area contributed by atoms with Gasteiger partial charge in [0, 0.05) is 49.7 Å². The third kappa shape index (κ3) is 3.81. The number of benzene rings is 1. The van der Waals surface area contributed by atoms with Gasteiger partial charge < -0.3 is 9.84 Å². The Balaban J connectivity index is 1.33. The molecule has 0 spiro atoms. The van der Waals surface area contributed by atoms with Crippen LogP contribution in [0.15, 0.2) is 65.4 Å². The Hall–Kier alpha value is -2.99. The number of rotatable bonds is 5. The normalized spacial score (nSPS) is 17.3. The summed E-state index contributed by atoms with van der Waals surface area (Å²) in [6, 6.07) is 15.8. The lowest BCUT2D eigenvalue weighted by Crippen LogP contribution is -2.37. The summed E-state index contributed by atoms with van der Waals surface area (Å²) in [6.07, 6.45) is 4.31. The second kappa shape index (κ2) is 7.49. The summed E-state index contributed by atoms with van der Waals surface area (Å²) in [5.41, 5.74) is 2.39. The Bertz CT molecular complexity index is 864. The van der Waals surface area contributed by atoms with Crippen LogP contribution in [0.3, 0.4) is 0 Å². The molecule has 4 rings (SSSR count). The maximum Gasteiger partial charge on any atom is 0.273 e. The summed E-state index contributed by atoms with van der Waals surface area (Å²) in [5, 5.41) is 6.95. The minimum Gasteiger partial charge on any atom is -0.355 e. The number of amides is 1. The van der Waals surface area contributed by atoms with Crippen LogP contribution >= 0.6 is 0 Å². The van der Waals surface area contributed by atoms with E-state index in [4.69, 9.17) is 4.52 Å². The lowest BCUT2D eigenvalue weighted by atomic mass is 10.2. The molecule has 1 amide bonds. The molecule has 3 aromatic rings. The van der Waals surface area contributed by atoms with Crippen molar-refractivity contribution in [2.24, 2.45) is 0 Å². The zero-order valence-electron chi connectivity index (χ0n) is 14.3. The van der Waals surface area contributed by atoms with E-state index < -0.39 is 0 Å². The van der Waals surface area contributed by atoms with Gasteiger partial charge in [-0.3, -0.25) is 14.7 Å². The molecule has 6 nitrogen and oxygen atoms in total. The molecule has 3 heterocycles. The van der Waals surface area contributed by atoms with Crippen molar-refractivity contribution in [3.8, 4) is 11.3 Å². The topological polar surface area (TPSA) is 71.3 Å². The molecule has 0 radical (unpaired) electrons. The molecule has 1 unspecified atom stereocenters. The molecule has 2 aromatic heterocycles. The van der Waals surface area contributed by atoms with E-state index in [1.165, 1.54) is 5.56 Å². The lowest BCUT2D eigenvalue weighted by molar-refractivity contribution is 0.0928. The van der Waals surface area contributed by atoms with Crippen molar-refractivity contribution in [1.82, 2.24) is 20.4 Å². The molecule has 0 aliphatic carbocycles. The fourth-order valence-corrected chi connectivity index (χ4v) is 3.22. The van der Waals surface area contributed by atoms with Crippen molar-refractivity contribution in [1.29, 1.82) is 0 Å². The molecule has 1 aliphatic heterocycles. The summed E-state index contributed by atoms with van der Waals surface area (Å²) in [5.74, 6) is 0.343. The second-order valence-corrected chi connectivity index (χ2v) is 6.50. The Labute approximate surface area is 151 Å². The van der Waals surface area contributed by atoms with E-state index in [1.54, 1.807) is 18.5 Å². The zero-order chi connectivity index (χ0) is 17.8. The number of nitrogens with zero attached hydrogens (tertiary/aromatic N) is 3. The molecule has 0 bridgehead atoms. The zero-order valence-corrected chi connectivity index (χ0v) is 14.3. The van der Waals surface area contributed by atoms with E-state index in [9.17, 15) is 4.79 Å². The molecular formula is C20H20N4O2. The van der Waals surface area contributed by atoms with Gasteiger partial charge in [0.05, 0.1) is 0 Å². The quantitative estimate of drug-likeness (QED) is 0.768. The summed E-state index contributed by atoms with van der Waals surface area (Å²) in [4.78, 5) is 18.8. The number of hydrogen-bond donors (Lipinski definition) is 1. The first-order valence-corrected chi connectivity index (χ1v) is 8.72. The minimum absolute atomic E-state index is 0.129. The van der Waals surface area contributed by atoms with Crippen LogP contribution < -0.4 is 5.32 Å². The van der Waals surface area contributed by atoms with Gasteiger partial charge in [0.2, 0.25) is 0 Å². The van der Waals surface area contributed by atoms with E-state index in [1.807, 2.05) is 18.2 Å². The first-order chi connectivity index (χ1) is 12.8. The fraction of sp³-hybridized carbons (Fsp3) is 0.250. The van der Waals surface area contributed by atoms with E-state index in [0.29, 0.717) is 11.5 Å². The number of likely N-dealkylation sites (tertiary alicyclic amines) is 1. The fourth-order valence-electron chi connectivity index (χ4n) is 3.22. The standard InChI is InChI=1S/C20H20N4O2/c25-20(18-11-19(26-23-18)16-7-4-9-21-12-16)22-17-8-10-24(14-17)13-15-5-2-1-3-6-15/h1-7,9,11-12,17H,8,10,13-14H2,(H,22,25). The Morgan fingerprint density at radius 1 is 1.23 bits per heavy atom. The molecule has 1 atom stereocenters. The molecule has 132 valence electrons. The lowest BCUT2D eigenvalue weighted by Gasteiger charge is -2.16. The van der Waals surface area contributed by atoms with Gasteiger partial charge in [-0.1, -0.05) is 35.5 Å². The van der Waals surface area contributed by atoms with E-state index in [0.717, 1.165) is 31.6 Å². The van der Waals surface area contributed by atoms with Gasteiger partial charge >= 0.3 is 0 Å². The summed E-state index contributed by atoms with van der Waals surface area (Å²) in [7, 11) is 0. The van der Waals surface area contributed by atoms with E-state index >= 15 is 0 Å². The molecule has 1 aliphatic rings. The van der Waals surface area contributed by atoms with E-state index in [-0.39, 0.29) is 11.9 Å². The van der Waals surface area contributed by atoms with Crippen LogP contribution in [0.5, 0.6) is 0 Å². The summed E-state index contributed by atoms with van der Waals surface area (Å²) >= 11 is 0. The van der Waals surface area contributed by atoms with Crippen LogP contribution in [-0.4, -0.2) is 40.1 Å². The van der Waals surface area contributed by atoms with Crippen LogP contribution in [0.1, 0.15) is 22.5 Å². The van der Waals surface area contributed by atoms with Gasteiger partial charge in [-0.25, -0.2) is 0 Å². The Morgan fingerprint density at radius 3 is 2.92 bits per heavy atom. The average Bonchev–Trinajstić information content (AvgIpc) is 3.33. The number of carbonyl (C=O) groups excluding carboxylic acids is 1. The molecule has 1 fully saturated rings. The van der Waals surface area contributed by atoms with Gasteiger partial charge in [0.15, 0.2) is 11.5 Å². The van der Waals surface area contributed by atoms with Crippen molar-refractivity contribution in [3.63, 3.8) is 0 Å². The average molecular weight is 348 g/mol. The maximum atomic E-state index is 12.4. The largest absolute Gasteiger partial charge is 0.355 e. The van der Waals surface area contributed by atoms with Gasteiger partial charge in [-0.2, -0.15) is 0 Å². The molecule has 1 saturated heterocycles. The number of aromatic nitrogens is 2. The van der Waals surface area contributed by atoms with E-state index in [2.05, 4.69) is 44.6 Å². The monoisotopic (exact) mass is 348 g/mol. The molecule has 0 saturated carbocycles. The van der Waals surface area contributed by atoms with Crippen molar-refractivity contribution in [2.75, 3.05) is 13.1 Å². The second-order valence-electron chi connectivity index (χ2n) is 6.50. The molecule has 1 aromatic carbocycles. The van der Waals surface area contributed by atoms with Gasteiger partial charge in [0.1, 0.15) is 0 Å². The number of pyridine rings is 1. The molecular weight excluding hydrogens is 328 g/mol. The predicted octanol–water partition coefficient (Wildman–Crippen LogP) is 2.74. The Morgan fingerprint density at radius 2 is 2.12 bits per heavy atom. The molecule has 6 heteroatoms. The predicted molar refractivity (Wildman–Crippen MR) is 97.3 cm³/mol. The van der Waals surface area contributed by atoms with Gasteiger partial charge in [-0.15, -0.1) is 0 Å². The first-order valence-electron chi connectivity index (χ1n) is 8.72. The van der Waals surface area contributed by atoms with Crippen LogP contribution in [0.4, 0.5) is 0 Å². The van der Waals surface area contributed by atoms with Crippen molar-refractivity contribution in [3.05, 3.63) is 72.2 Å². The van der Waals surface area contributed by atoms with Crippen molar-refractivity contribution < 1.29 is 9.32 Å². The summed E-state index contributed by atoms with van der Waals surface area (Å²) < 4.78 is 5.28. The van der Waals surface area contributed by atoms with Crippen molar-refractivity contribution >= 4 is 5.91 Å². The number of carbonyl (C=O) groups is 1. The van der Waals surface area contributed by atoms with Gasteiger partial charge in [0.25, 0.3) is 5.91 Å².